The van der Waals surface area contributed by atoms with Crippen LogP contribution in [-0.4, -0.2) is 27.1 Å². The molecule has 5 nitrogen and oxygen atoms in total. The van der Waals surface area contributed by atoms with Gasteiger partial charge in [0.05, 0.1) is 18.0 Å². The normalized spacial score (nSPS) is 26.3. The lowest BCUT2D eigenvalue weighted by Crippen LogP contribution is -2.48. The zero-order valence-corrected chi connectivity index (χ0v) is 23.7. The number of hydrogen-bond acceptors (Lipinski definition) is 3. The second kappa shape index (κ2) is 10.1. The molecule has 0 aromatic heterocycles. The van der Waals surface area contributed by atoms with E-state index in [-0.39, 0.29) is 23.9 Å². The Morgan fingerprint density at radius 2 is 1.38 bits per heavy atom. The zero-order chi connectivity index (χ0) is 27.2. The number of carbonyl (C=O) groups is 1. The van der Waals surface area contributed by atoms with Gasteiger partial charge in [-0.1, -0.05) is 72.3 Å². The largest absolute Gasteiger partial charge is 0.344 e. The first-order valence-electron chi connectivity index (χ1n) is 14.2. The summed E-state index contributed by atoms with van der Waals surface area (Å²) in [5.41, 5.74) is 5.15. The fraction of sp³-hybridized carbons (Fsp3) is 0.424. The number of amides is 1. The van der Waals surface area contributed by atoms with Gasteiger partial charge >= 0.3 is 0 Å². The summed E-state index contributed by atoms with van der Waals surface area (Å²) in [6.07, 6.45) is 9.12. The Balaban J connectivity index is 1.22. The summed E-state index contributed by atoms with van der Waals surface area (Å²) in [6.45, 7) is 1.75. The molecule has 4 saturated carbocycles. The van der Waals surface area contributed by atoms with Crippen LogP contribution in [0.5, 0.6) is 0 Å². The fourth-order valence-corrected chi connectivity index (χ4v) is 8.80. The van der Waals surface area contributed by atoms with Crippen LogP contribution >= 0.6 is 0 Å². The van der Waals surface area contributed by atoms with Gasteiger partial charge in [-0.3, -0.25) is 9.10 Å². The van der Waals surface area contributed by atoms with E-state index < -0.39 is 10.0 Å². The summed E-state index contributed by atoms with van der Waals surface area (Å²) in [6, 6.07) is 25.5. The summed E-state index contributed by atoms with van der Waals surface area (Å²) in [4.78, 5) is 13.4. The van der Waals surface area contributed by atoms with Crippen LogP contribution in [0.2, 0.25) is 0 Å². The van der Waals surface area contributed by atoms with Crippen LogP contribution in [0.15, 0.2) is 78.9 Å². The van der Waals surface area contributed by atoms with Gasteiger partial charge in [0.25, 0.3) is 0 Å². The van der Waals surface area contributed by atoms with E-state index in [9.17, 15) is 13.2 Å². The summed E-state index contributed by atoms with van der Waals surface area (Å²) >= 11 is 0. The maximum atomic E-state index is 13.4. The van der Waals surface area contributed by atoms with Crippen molar-refractivity contribution in [3.8, 4) is 0 Å². The second-order valence-electron chi connectivity index (χ2n) is 12.3. The predicted octanol–water partition coefficient (Wildman–Crippen LogP) is 6.13. The van der Waals surface area contributed by atoms with Gasteiger partial charge in [-0.2, -0.15) is 0 Å². The Morgan fingerprint density at radius 1 is 0.846 bits per heavy atom. The third-order valence-corrected chi connectivity index (χ3v) is 10.5. The number of carbonyl (C=O) groups excluding carboxylic acids is 1. The summed E-state index contributed by atoms with van der Waals surface area (Å²) in [5.74, 6) is 2.19. The minimum Gasteiger partial charge on any atom is -0.344 e. The first-order valence-corrected chi connectivity index (χ1v) is 16.0. The Kier molecular flexibility index (Phi) is 6.78. The van der Waals surface area contributed by atoms with Crippen molar-refractivity contribution < 1.29 is 13.2 Å². The van der Waals surface area contributed by atoms with E-state index in [4.69, 9.17) is 0 Å². The van der Waals surface area contributed by atoms with Crippen molar-refractivity contribution in [1.82, 2.24) is 5.32 Å². The summed E-state index contributed by atoms with van der Waals surface area (Å²) in [7, 11) is -3.67. The SMILES string of the molecule is Cc1ccc([C@H](NC(=O)CN(c2ccc(C34CC5CC(CC(C5)C3)C4)cc2)S(C)(=O)=O)c2ccccc2)cc1. The van der Waals surface area contributed by atoms with Crippen molar-refractivity contribution in [3.63, 3.8) is 0 Å². The average molecular weight is 543 g/mol. The predicted molar refractivity (Wildman–Crippen MR) is 156 cm³/mol. The van der Waals surface area contributed by atoms with E-state index in [2.05, 4.69) is 17.4 Å². The highest BCUT2D eigenvalue weighted by Gasteiger charge is 2.51. The van der Waals surface area contributed by atoms with Crippen LogP contribution in [-0.2, 0) is 20.2 Å². The molecule has 4 fully saturated rings. The van der Waals surface area contributed by atoms with Gasteiger partial charge in [0.1, 0.15) is 6.54 Å². The molecule has 1 N–H and O–H groups in total. The van der Waals surface area contributed by atoms with Gasteiger partial charge in [-0.05, 0) is 97.4 Å². The first kappa shape index (κ1) is 26.1. The van der Waals surface area contributed by atoms with E-state index in [1.807, 2.05) is 73.7 Å². The van der Waals surface area contributed by atoms with Crippen LogP contribution in [0.4, 0.5) is 5.69 Å². The number of aryl methyl sites for hydroxylation is 1. The van der Waals surface area contributed by atoms with Crippen molar-refractivity contribution in [3.05, 3.63) is 101 Å². The Morgan fingerprint density at radius 3 is 1.92 bits per heavy atom. The maximum Gasteiger partial charge on any atom is 0.241 e. The molecule has 0 heterocycles. The van der Waals surface area contributed by atoms with Gasteiger partial charge in [0.2, 0.25) is 15.9 Å². The second-order valence-corrected chi connectivity index (χ2v) is 14.2. The molecule has 4 aliphatic rings. The van der Waals surface area contributed by atoms with E-state index >= 15 is 0 Å². The van der Waals surface area contributed by atoms with E-state index in [1.165, 1.54) is 54.6 Å². The topological polar surface area (TPSA) is 66.5 Å². The molecule has 1 atom stereocenters. The Bertz CT molecular complexity index is 1400. The molecular formula is C33H38N2O3S. The first-order chi connectivity index (χ1) is 18.7. The quantitative estimate of drug-likeness (QED) is 0.372. The van der Waals surface area contributed by atoms with Gasteiger partial charge in [-0.25, -0.2) is 8.42 Å². The maximum absolute atomic E-state index is 13.4. The molecule has 0 spiro atoms. The fourth-order valence-electron chi connectivity index (χ4n) is 7.95. The Labute approximate surface area is 232 Å². The van der Waals surface area contributed by atoms with Crippen molar-refractivity contribution in [2.24, 2.45) is 17.8 Å². The minimum absolute atomic E-state index is 0.248. The molecule has 1 amide bonds. The molecule has 0 aliphatic heterocycles. The number of rotatable bonds is 8. The number of hydrogen-bond donors (Lipinski definition) is 1. The highest BCUT2D eigenvalue weighted by atomic mass is 32.2. The molecule has 3 aromatic carbocycles. The van der Waals surface area contributed by atoms with Crippen LogP contribution < -0.4 is 9.62 Å². The van der Waals surface area contributed by atoms with Crippen LogP contribution in [0.25, 0.3) is 0 Å². The molecule has 204 valence electrons. The molecule has 0 radical (unpaired) electrons. The third kappa shape index (κ3) is 5.36. The lowest BCUT2D eigenvalue weighted by molar-refractivity contribution is -0.120. The van der Waals surface area contributed by atoms with Crippen LogP contribution in [0.3, 0.4) is 0 Å². The molecule has 4 bridgehead atoms. The highest BCUT2D eigenvalue weighted by molar-refractivity contribution is 7.92. The number of nitrogens with zero attached hydrogens (tertiary/aromatic N) is 1. The zero-order valence-electron chi connectivity index (χ0n) is 22.8. The van der Waals surface area contributed by atoms with Crippen LogP contribution in [0, 0.1) is 24.7 Å². The third-order valence-electron chi connectivity index (χ3n) is 9.34. The minimum atomic E-state index is -3.67. The lowest BCUT2D eigenvalue weighted by Gasteiger charge is -2.57. The standard InChI is InChI=1S/C33H38N2O3S/c1-23-8-10-28(11-9-23)32(27-6-4-3-5-7-27)34-31(36)22-35(39(2,37)38)30-14-12-29(13-15-30)33-19-24-16-25(20-33)18-26(17-24)21-33/h3-15,24-26,32H,16-22H2,1-2H3,(H,34,36)/t24?,25?,26?,32-,33?/m1/s1. The molecular weight excluding hydrogens is 504 g/mol. The summed E-state index contributed by atoms with van der Waals surface area (Å²) < 4.78 is 27.0. The number of benzene rings is 3. The lowest BCUT2D eigenvalue weighted by atomic mass is 9.48. The molecule has 0 saturated heterocycles. The monoisotopic (exact) mass is 542 g/mol. The van der Waals surface area contributed by atoms with Gasteiger partial charge in [-0.15, -0.1) is 0 Å². The summed E-state index contributed by atoms with van der Waals surface area (Å²) in [5, 5.41) is 3.10. The molecule has 6 heteroatoms. The smallest absolute Gasteiger partial charge is 0.241 e. The number of sulfonamides is 1. The molecule has 0 unspecified atom stereocenters. The molecule has 4 aliphatic carbocycles. The molecule has 7 rings (SSSR count). The van der Waals surface area contributed by atoms with Crippen molar-refractivity contribution in [1.29, 1.82) is 0 Å². The van der Waals surface area contributed by atoms with E-state index in [1.54, 1.807) is 0 Å². The van der Waals surface area contributed by atoms with Gasteiger partial charge in [0, 0.05) is 0 Å². The van der Waals surface area contributed by atoms with E-state index in [0.717, 1.165) is 34.4 Å². The highest BCUT2D eigenvalue weighted by Crippen LogP contribution is 2.60. The Hall–Kier alpha value is -3.12. The molecule has 39 heavy (non-hydrogen) atoms. The number of nitrogens with one attached hydrogen (secondary N) is 1. The van der Waals surface area contributed by atoms with Crippen molar-refractivity contribution in [2.75, 3.05) is 17.1 Å². The average Bonchev–Trinajstić information content (AvgIpc) is 2.90. The van der Waals surface area contributed by atoms with Gasteiger partial charge < -0.3 is 5.32 Å². The van der Waals surface area contributed by atoms with Crippen molar-refractivity contribution >= 4 is 21.6 Å². The molecule has 3 aromatic rings. The van der Waals surface area contributed by atoms with Gasteiger partial charge in [0.15, 0.2) is 0 Å². The van der Waals surface area contributed by atoms with E-state index in [0.29, 0.717) is 5.69 Å². The van der Waals surface area contributed by atoms with Crippen molar-refractivity contribution in [2.45, 2.75) is 56.9 Å². The van der Waals surface area contributed by atoms with Crippen LogP contribution in [0.1, 0.15) is 66.8 Å². The number of anilines is 1.